The monoisotopic (exact) mass is 551 g/mol. The highest BCUT2D eigenvalue weighted by Gasteiger charge is 2.28. The number of amides is 1. The van der Waals surface area contributed by atoms with E-state index in [1.165, 1.54) is 12.1 Å². The van der Waals surface area contributed by atoms with Crippen LogP contribution in [0.1, 0.15) is 44.2 Å². The summed E-state index contributed by atoms with van der Waals surface area (Å²) in [6.07, 6.45) is 3.06. The summed E-state index contributed by atoms with van der Waals surface area (Å²) in [6.45, 7) is 3.42. The molecule has 0 spiro atoms. The minimum Gasteiger partial charge on any atom is -0.492 e. The van der Waals surface area contributed by atoms with Crippen LogP contribution in [0, 0.1) is 11.7 Å². The zero-order valence-electron chi connectivity index (χ0n) is 22.9. The van der Waals surface area contributed by atoms with Gasteiger partial charge in [-0.2, -0.15) is 0 Å². The molecule has 1 fully saturated rings. The van der Waals surface area contributed by atoms with Crippen molar-refractivity contribution in [2.24, 2.45) is 5.92 Å². The minimum absolute atomic E-state index is 0.0233. The van der Waals surface area contributed by atoms with E-state index in [0.29, 0.717) is 6.61 Å². The maximum absolute atomic E-state index is 13.2. The van der Waals surface area contributed by atoms with Crippen LogP contribution in [-0.4, -0.2) is 48.3 Å². The summed E-state index contributed by atoms with van der Waals surface area (Å²) in [7, 11) is 2.72. The fourth-order valence-electron chi connectivity index (χ4n) is 4.72. The smallest absolute Gasteiger partial charge is 0.223 e. The molecule has 0 radical (unpaired) electrons. The lowest BCUT2D eigenvalue weighted by molar-refractivity contribution is -0.126. The molecule has 1 amide bonds. The van der Waals surface area contributed by atoms with Gasteiger partial charge in [0, 0.05) is 18.5 Å². The van der Waals surface area contributed by atoms with Gasteiger partial charge in [-0.25, -0.2) is 13.3 Å². The zero-order valence-corrected chi connectivity index (χ0v) is 23.7. The third kappa shape index (κ3) is 8.46. The SMILES string of the molecule is CC(NC(=O)C1CCC(NS(=O)c2ccc(-c3ccc(OCCN(C)C)cc3)cc2)CC1)c1ccc(F)cc1. The van der Waals surface area contributed by atoms with Gasteiger partial charge in [0.25, 0.3) is 0 Å². The molecule has 3 aromatic rings. The average molecular weight is 552 g/mol. The van der Waals surface area contributed by atoms with Crippen molar-refractivity contribution in [1.29, 1.82) is 0 Å². The van der Waals surface area contributed by atoms with E-state index >= 15 is 0 Å². The lowest BCUT2D eigenvalue weighted by atomic mass is 9.85. The molecule has 0 aromatic heterocycles. The summed E-state index contributed by atoms with van der Waals surface area (Å²) in [4.78, 5) is 15.6. The number of hydrogen-bond acceptors (Lipinski definition) is 4. The Morgan fingerprint density at radius 1 is 0.949 bits per heavy atom. The van der Waals surface area contributed by atoms with Gasteiger partial charge in [-0.15, -0.1) is 0 Å². The Balaban J connectivity index is 1.22. The Hall–Kier alpha value is -3.07. The van der Waals surface area contributed by atoms with Gasteiger partial charge in [-0.3, -0.25) is 4.79 Å². The zero-order chi connectivity index (χ0) is 27.8. The molecule has 0 bridgehead atoms. The average Bonchev–Trinajstić information content (AvgIpc) is 2.94. The molecule has 208 valence electrons. The maximum atomic E-state index is 13.2. The summed E-state index contributed by atoms with van der Waals surface area (Å²) >= 11 is 0. The first kappa shape index (κ1) is 28.9. The highest BCUT2D eigenvalue weighted by molar-refractivity contribution is 7.83. The highest BCUT2D eigenvalue weighted by Crippen LogP contribution is 2.27. The summed E-state index contributed by atoms with van der Waals surface area (Å²) in [5, 5.41) is 3.05. The molecule has 8 heteroatoms. The lowest BCUT2D eigenvalue weighted by Gasteiger charge is -2.29. The molecular formula is C31H38FN3O3S. The minimum atomic E-state index is -1.32. The van der Waals surface area contributed by atoms with Crippen molar-refractivity contribution in [3.63, 3.8) is 0 Å². The Morgan fingerprint density at radius 2 is 1.54 bits per heavy atom. The summed E-state index contributed by atoms with van der Waals surface area (Å²) in [6, 6.07) is 21.9. The number of carbonyl (C=O) groups excluding carboxylic acids is 1. The van der Waals surface area contributed by atoms with E-state index in [4.69, 9.17) is 4.74 Å². The van der Waals surface area contributed by atoms with Crippen LogP contribution in [0.4, 0.5) is 4.39 Å². The molecule has 2 atom stereocenters. The molecule has 2 unspecified atom stereocenters. The number of rotatable bonds is 11. The fraction of sp³-hybridized carbons (Fsp3) is 0.387. The van der Waals surface area contributed by atoms with Crippen LogP contribution in [0.2, 0.25) is 0 Å². The topological polar surface area (TPSA) is 70.7 Å². The van der Waals surface area contributed by atoms with Gasteiger partial charge in [-0.1, -0.05) is 36.4 Å². The Bertz CT molecular complexity index is 1230. The van der Waals surface area contributed by atoms with Gasteiger partial charge in [0.1, 0.15) is 29.2 Å². The molecule has 0 heterocycles. The second kappa shape index (κ2) is 13.8. The molecule has 1 aliphatic rings. The number of halogens is 1. The van der Waals surface area contributed by atoms with Crippen molar-refractivity contribution in [2.75, 3.05) is 27.2 Å². The second-order valence-electron chi connectivity index (χ2n) is 10.4. The maximum Gasteiger partial charge on any atom is 0.223 e. The van der Waals surface area contributed by atoms with Crippen LogP contribution in [0.3, 0.4) is 0 Å². The Morgan fingerprint density at radius 3 is 2.13 bits per heavy atom. The first-order valence-corrected chi connectivity index (χ1v) is 14.7. The number of nitrogens with one attached hydrogen (secondary N) is 2. The van der Waals surface area contributed by atoms with Crippen molar-refractivity contribution >= 4 is 16.9 Å². The van der Waals surface area contributed by atoms with Crippen molar-refractivity contribution in [1.82, 2.24) is 14.9 Å². The van der Waals surface area contributed by atoms with Crippen LogP contribution in [-0.2, 0) is 15.8 Å². The van der Waals surface area contributed by atoms with E-state index < -0.39 is 11.0 Å². The Kier molecular flexibility index (Phi) is 10.3. The summed E-state index contributed by atoms with van der Waals surface area (Å²) in [5.41, 5.74) is 3.01. The van der Waals surface area contributed by atoms with Crippen molar-refractivity contribution in [3.05, 3.63) is 84.2 Å². The third-order valence-electron chi connectivity index (χ3n) is 7.16. The van der Waals surface area contributed by atoms with Gasteiger partial charge in [0.2, 0.25) is 5.91 Å². The second-order valence-corrected chi connectivity index (χ2v) is 11.7. The standard InChI is InChI=1S/C31H38FN3O3S/c1-22(23-4-12-27(32)13-5-23)33-31(36)26-6-14-28(15-7-26)34-39(37)30-18-10-25(11-19-30)24-8-16-29(17-9-24)38-21-20-35(2)3/h4-5,8-13,16-19,22,26,28,34H,6-7,14-15,20-21H2,1-3H3,(H,33,36). The van der Waals surface area contributed by atoms with E-state index in [2.05, 4.69) is 14.9 Å². The van der Waals surface area contributed by atoms with Gasteiger partial charge in [0.15, 0.2) is 0 Å². The molecule has 1 saturated carbocycles. The van der Waals surface area contributed by atoms with Crippen LogP contribution >= 0.6 is 0 Å². The normalized spacial score (nSPS) is 18.9. The van der Waals surface area contributed by atoms with Gasteiger partial charge in [0.05, 0.1) is 10.9 Å². The molecule has 6 nitrogen and oxygen atoms in total. The largest absolute Gasteiger partial charge is 0.492 e. The first-order chi connectivity index (χ1) is 18.8. The van der Waals surface area contributed by atoms with Gasteiger partial charge < -0.3 is 15.0 Å². The van der Waals surface area contributed by atoms with E-state index in [9.17, 15) is 13.4 Å². The van der Waals surface area contributed by atoms with E-state index in [-0.39, 0.29) is 29.7 Å². The van der Waals surface area contributed by atoms with Gasteiger partial charge >= 0.3 is 0 Å². The number of nitrogens with zero attached hydrogens (tertiary/aromatic N) is 1. The van der Waals surface area contributed by atoms with E-state index in [1.54, 1.807) is 12.1 Å². The van der Waals surface area contributed by atoms with Crippen LogP contribution in [0.5, 0.6) is 5.75 Å². The van der Waals surface area contributed by atoms with Crippen LogP contribution in [0.15, 0.2) is 77.7 Å². The number of carbonyl (C=O) groups is 1. The molecule has 39 heavy (non-hydrogen) atoms. The van der Waals surface area contributed by atoms with Crippen molar-refractivity contribution < 1.29 is 18.1 Å². The van der Waals surface area contributed by atoms with Crippen LogP contribution in [0.25, 0.3) is 11.1 Å². The van der Waals surface area contributed by atoms with Crippen LogP contribution < -0.4 is 14.8 Å². The molecular weight excluding hydrogens is 513 g/mol. The van der Waals surface area contributed by atoms with Gasteiger partial charge in [-0.05, 0) is 99.8 Å². The fourth-order valence-corrected chi connectivity index (χ4v) is 5.78. The molecule has 0 aliphatic heterocycles. The predicted molar refractivity (Wildman–Crippen MR) is 154 cm³/mol. The predicted octanol–water partition coefficient (Wildman–Crippen LogP) is 5.48. The third-order valence-corrected chi connectivity index (χ3v) is 8.41. The molecule has 1 aliphatic carbocycles. The number of likely N-dealkylation sites (N-methyl/N-ethyl adjacent to an activating group) is 1. The van der Waals surface area contributed by atoms with E-state index in [1.807, 2.05) is 69.6 Å². The van der Waals surface area contributed by atoms with Crippen molar-refractivity contribution in [3.8, 4) is 16.9 Å². The summed E-state index contributed by atoms with van der Waals surface area (Å²) < 4.78 is 35.1. The number of ether oxygens (including phenoxy) is 1. The lowest BCUT2D eigenvalue weighted by Crippen LogP contribution is -2.39. The molecule has 4 rings (SSSR count). The first-order valence-electron chi connectivity index (χ1n) is 13.5. The highest BCUT2D eigenvalue weighted by atomic mass is 32.2. The molecule has 3 aromatic carbocycles. The molecule has 0 saturated heterocycles. The number of hydrogen-bond donors (Lipinski definition) is 2. The quantitative estimate of drug-likeness (QED) is 0.331. The number of benzene rings is 3. The molecule has 2 N–H and O–H groups in total. The van der Waals surface area contributed by atoms with Crippen molar-refractivity contribution in [2.45, 2.75) is 49.6 Å². The Labute approximate surface area is 233 Å². The summed E-state index contributed by atoms with van der Waals surface area (Å²) in [5.74, 6) is 0.513. The van der Waals surface area contributed by atoms with E-state index in [0.717, 1.165) is 59.6 Å².